The van der Waals surface area contributed by atoms with Gasteiger partial charge in [0.2, 0.25) is 0 Å². The first-order chi connectivity index (χ1) is 40.4. The van der Waals surface area contributed by atoms with Crippen LogP contribution < -0.4 is 5.32 Å². The van der Waals surface area contributed by atoms with E-state index in [1.807, 2.05) is 34.6 Å². The maximum atomic E-state index is 15.2. The van der Waals surface area contributed by atoms with E-state index in [4.69, 9.17) is 52.1 Å². The van der Waals surface area contributed by atoms with Gasteiger partial charge in [0.15, 0.2) is 45.0 Å². The molecule has 24 heteroatoms. The van der Waals surface area contributed by atoms with Crippen LogP contribution in [0, 0.1) is 116 Å². The lowest BCUT2D eigenvalue weighted by atomic mass is 8.92. The normalized spacial score (nSPS) is 37.4. The van der Waals surface area contributed by atoms with E-state index in [0.29, 0.717) is 40.1 Å². The second-order valence-electron chi connectivity index (χ2n) is 26.6. The SMILES string of the molecule is CCCOC(=O)C1=C(C23C4C5C2C2C3C4C52C(=O)O)NC(c2nccs2)=N[C@@H]1c1ccc(F)c(F)c1Cl.CCCOC(=O)C1=C(C23C4C5C2C2C3C4C52C(=O)OC(C)(C)C)N=C(c2nccs2)N(C(=O)OC(C)(C)C)[C@@H]1c1ccc(F)c(F)c1Cl. The number of ether oxygens (including phenoxy) is 4. The Morgan fingerprint density at radius 2 is 1.14 bits per heavy atom. The highest BCUT2D eigenvalue weighted by Gasteiger charge is 3.13. The molecule has 12 saturated carbocycles. The molecule has 0 bridgehead atoms. The fourth-order valence-electron chi connectivity index (χ4n) is 19.5. The molecule has 16 nitrogen and oxygen atoms in total. The minimum absolute atomic E-state index is 0.0199. The number of nitrogens with zero attached hydrogens (tertiary/aromatic N) is 5. The fraction of sp³-hybridized carbons (Fsp3) is 0.525. The highest BCUT2D eigenvalue weighted by Crippen LogP contribution is 3.12. The van der Waals surface area contributed by atoms with Crippen molar-refractivity contribution in [1.29, 1.82) is 0 Å². The summed E-state index contributed by atoms with van der Waals surface area (Å²) < 4.78 is 81.4. The zero-order chi connectivity index (χ0) is 60.0. The van der Waals surface area contributed by atoms with Crippen molar-refractivity contribution in [2.45, 2.75) is 91.5 Å². The molecule has 85 heavy (non-hydrogen) atoms. The minimum atomic E-state index is -1.38. The number of carbonyl (C=O) groups excluding carboxylic acids is 4. The summed E-state index contributed by atoms with van der Waals surface area (Å²) in [6.45, 7) is 14.7. The van der Waals surface area contributed by atoms with Crippen LogP contribution in [0.4, 0.5) is 22.4 Å². The van der Waals surface area contributed by atoms with E-state index in [1.54, 1.807) is 43.9 Å². The van der Waals surface area contributed by atoms with Crippen molar-refractivity contribution in [3.8, 4) is 0 Å². The monoisotopic (exact) mass is 1240 g/mol. The molecule has 0 saturated heterocycles. The lowest BCUT2D eigenvalue weighted by Gasteiger charge is -3.10. The molecule has 2 N–H and O–H groups in total. The molecule has 0 spiro atoms. The van der Waals surface area contributed by atoms with E-state index < -0.39 is 96.8 Å². The third-order valence-corrected chi connectivity index (χ3v) is 23.7. The number of rotatable bonds is 14. The van der Waals surface area contributed by atoms with E-state index in [1.165, 1.54) is 34.8 Å². The summed E-state index contributed by atoms with van der Waals surface area (Å²) in [7, 11) is 0. The number of hydrogen-bond acceptors (Lipinski definition) is 16. The third kappa shape index (κ3) is 6.23. The molecule has 0 unspecified atom stereocenters. The Morgan fingerprint density at radius 3 is 1.64 bits per heavy atom. The summed E-state index contributed by atoms with van der Waals surface area (Å²) in [6.07, 6.45) is 3.47. The predicted molar refractivity (Wildman–Crippen MR) is 298 cm³/mol. The van der Waals surface area contributed by atoms with Crippen molar-refractivity contribution in [3.63, 3.8) is 0 Å². The zero-order valence-corrected chi connectivity index (χ0v) is 50.1. The maximum Gasteiger partial charge on any atom is 0.416 e. The molecule has 444 valence electrons. The molecule has 0 radical (unpaired) electrons. The molecule has 4 heterocycles. The van der Waals surface area contributed by atoms with E-state index in [2.05, 4.69) is 15.3 Å². The van der Waals surface area contributed by atoms with Crippen LogP contribution in [0.1, 0.15) is 101 Å². The number of hydrogen-bond donors (Lipinski definition) is 2. The number of amides is 1. The molecule has 12 fully saturated rings. The zero-order valence-electron chi connectivity index (χ0n) is 47.0. The summed E-state index contributed by atoms with van der Waals surface area (Å²) in [5.74, 6) is -4.91. The number of aliphatic imine (C=N–C) groups is 2. The molecular weight excluding hydrogens is 1190 g/mol. The Bertz CT molecular complexity index is 3750. The van der Waals surface area contributed by atoms with Gasteiger partial charge in [-0.1, -0.05) is 49.2 Å². The summed E-state index contributed by atoms with van der Waals surface area (Å²) in [4.78, 5) is 87.6. The lowest BCUT2D eigenvalue weighted by molar-refractivity contribution is -0.633. The number of allylic oxidation sites excluding steroid dienone is 2. The molecule has 1 amide bonds. The van der Waals surface area contributed by atoms with Crippen LogP contribution in [-0.2, 0) is 38.1 Å². The van der Waals surface area contributed by atoms with Gasteiger partial charge in [-0.15, -0.1) is 22.7 Å². The lowest BCUT2D eigenvalue weighted by Crippen LogP contribution is -3.11. The van der Waals surface area contributed by atoms with Crippen LogP contribution in [0.15, 0.2) is 79.9 Å². The molecule has 2 atom stereocenters. The Labute approximate surface area is 502 Å². The van der Waals surface area contributed by atoms with Crippen LogP contribution in [0.2, 0.25) is 10.0 Å². The standard InChI is InChI=1S/C35H36ClF2N3O6S.C26H20ClF2N3O4S/c1-8-12-45-29(42)16-25(14-9-10-15(37)24(38)23(14)36)41(31(44)47-33(5,6)7)27(28-39-11-13-48-28)40-26(16)34-17-20-18(34)22-19(34)21(17)35(20,22)30(43)46-32(2,3)4;1-2-6-36-23(33)10-19(8-3-4-9(28)18(29)17(8)27)31-21(22-30-5-7-37-22)32-20(10)25-11-14-12(25)16-13(25)15(11)26(14,16)24(34)35/h9-11,13,17-22,25H,8,12H2,1-7H3;3-5,7,11-16,19H,2,6H2,1H3,(H,31,32)(H,34,35)/t17?,18?,19?,20?,21?,22?,25-,34?,35?;11?,12?,13?,14?,15?,16?,19-,25?,26?/m11/s1. The maximum absolute atomic E-state index is 15.2. The van der Waals surface area contributed by atoms with E-state index >= 15 is 4.39 Å². The summed E-state index contributed by atoms with van der Waals surface area (Å²) >= 11 is 15.4. The second kappa shape index (κ2) is 17.7. The smallest absolute Gasteiger partial charge is 0.416 e. The number of amidine groups is 2. The fourth-order valence-corrected chi connectivity index (χ4v) is 21.2. The van der Waals surface area contributed by atoms with Crippen molar-refractivity contribution in [1.82, 2.24) is 20.2 Å². The van der Waals surface area contributed by atoms with Gasteiger partial charge >= 0.3 is 30.0 Å². The van der Waals surface area contributed by atoms with E-state index in [0.717, 1.165) is 17.0 Å². The molecular formula is C61H56Cl2F4N6O10S2. The molecule has 18 rings (SSSR count). The Hall–Kier alpha value is -6.23. The Morgan fingerprint density at radius 1 is 0.659 bits per heavy atom. The van der Waals surface area contributed by atoms with E-state index in [-0.39, 0.29) is 124 Å². The highest BCUT2D eigenvalue weighted by molar-refractivity contribution is 7.12. The number of aromatic nitrogens is 2. The first kappa shape index (κ1) is 55.4. The minimum Gasteiger partial charge on any atom is -0.481 e. The predicted octanol–water partition coefficient (Wildman–Crippen LogP) is 11.3. The first-order valence-electron chi connectivity index (χ1n) is 28.7. The number of nitrogens with one attached hydrogen (secondary N) is 1. The number of benzene rings is 2. The van der Waals surface area contributed by atoms with Crippen LogP contribution >= 0.6 is 45.9 Å². The number of carboxylic acids is 1. The van der Waals surface area contributed by atoms with Gasteiger partial charge in [-0.25, -0.2) is 51.8 Å². The molecule has 2 aromatic carbocycles. The summed E-state index contributed by atoms with van der Waals surface area (Å²) in [5, 5.41) is 16.8. The number of aliphatic carboxylic acids is 1. The number of halogens is 6. The van der Waals surface area contributed by atoms with Crippen molar-refractivity contribution in [2.75, 3.05) is 13.2 Å². The second-order valence-corrected chi connectivity index (χ2v) is 29.1. The van der Waals surface area contributed by atoms with Gasteiger partial charge in [0, 0.05) is 50.8 Å². The topological polar surface area (TPSA) is 208 Å². The molecule has 12 aliphatic carbocycles. The Kier molecular flexibility index (Phi) is 11.5. The van der Waals surface area contributed by atoms with Crippen LogP contribution in [0.3, 0.4) is 0 Å². The van der Waals surface area contributed by atoms with Crippen LogP contribution in [-0.4, -0.2) is 86.0 Å². The van der Waals surface area contributed by atoms with E-state index in [9.17, 15) is 42.3 Å². The molecule has 2 aliphatic heterocycles. The van der Waals surface area contributed by atoms with Gasteiger partial charge < -0.3 is 29.4 Å². The third-order valence-electron chi connectivity index (χ3n) is 21.4. The van der Waals surface area contributed by atoms with Gasteiger partial charge in [0.1, 0.15) is 23.3 Å². The van der Waals surface area contributed by atoms with Gasteiger partial charge in [-0.2, -0.15) is 0 Å². The number of carbonyl (C=O) groups is 5. The molecule has 4 aromatic rings. The average Bonchev–Trinajstić information content (AvgIpc) is 0.658. The number of esters is 3. The van der Waals surface area contributed by atoms with Crippen molar-refractivity contribution in [2.24, 2.45) is 103 Å². The highest BCUT2D eigenvalue weighted by atomic mass is 35.5. The van der Waals surface area contributed by atoms with Gasteiger partial charge in [-0.3, -0.25) is 14.6 Å². The van der Waals surface area contributed by atoms with Crippen LogP contribution in [0.25, 0.3) is 0 Å². The molecule has 14 aliphatic rings. The molecule has 2 aromatic heterocycles. The van der Waals surface area contributed by atoms with Gasteiger partial charge in [0.25, 0.3) is 0 Å². The van der Waals surface area contributed by atoms with Gasteiger partial charge in [0.05, 0.1) is 50.9 Å². The van der Waals surface area contributed by atoms with Crippen molar-refractivity contribution in [3.05, 3.63) is 124 Å². The van der Waals surface area contributed by atoms with Gasteiger partial charge in [-0.05, 0) is 138 Å². The first-order valence-corrected chi connectivity index (χ1v) is 31.2. The largest absolute Gasteiger partial charge is 0.481 e. The summed E-state index contributed by atoms with van der Waals surface area (Å²) in [5.41, 5.74) is -1.99. The number of thiazole rings is 2. The van der Waals surface area contributed by atoms with Crippen molar-refractivity contribution < 1.29 is 65.6 Å². The quantitative estimate of drug-likeness (QED) is 0.0522. The average molecular weight is 1240 g/mol. The Balaban J connectivity index is 0.000000149. The van der Waals surface area contributed by atoms with Crippen molar-refractivity contribution >= 4 is 87.5 Å². The number of carboxylic acid groups (broad SMARTS) is 1. The van der Waals surface area contributed by atoms with Crippen LogP contribution in [0.5, 0.6) is 0 Å². The summed E-state index contributed by atoms with van der Waals surface area (Å²) in [6, 6.07) is 2.11.